The number of carbonyl (C=O) groups is 2. The molecule has 0 atom stereocenters. The number of hydrogen-bond acceptors (Lipinski definition) is 9. The van der Waals surface area contributed by atoms with Gasteiger partial charge in [-0.3, -0.25) is 19.4 Å². The number of amides is 2. The molecule has 4 aromatic rings. The highest BCUT2D eigenvalue weighted by atomic mass is 35.5. The van der Waals surface area contributed by atoms with E-state index >= 15 is 0 Å². The van der Waals surface area contributed by atoms with Gasteiger partial charge in [-0.25, -0.2) is 0 Å². The lowest BCUT2D eigenvalue weighted by Gasteiger charge is -2.36. The number of anilines is 4. The number of aliphatic hydroxyl groups is 1. The molecule has 2 fully saturated rings. The van der Waals surface area contributed by atoms with E-state index in [4.69, 9.17) is 61.0 Å². The van der Waals surface area contributed by atoms with Crippen molar-refractivity contribution in [1.82, 2.24) is 9.80 Å². The number of hydrogen-bond donors (Lipinski definition) is 3. The lowest BCUT2D eigenvalue weighted by molar-refractivity contribution is -0.117. The van der Waals surface area contributed by atoms with Crippen molar-refractivity contribution in [3.8, 4) is 11.5 Å². The minimum atomic E-state index is 0.0809. The van der Waals surface area contributed by atoms with Crippen LogP contribution in [0.1, 0.15) is 56.6 Å². The molecule has 8 rings (SSSR count). The van der Waals surface area contributed by atoms with E-state index in [0.29, 0.717) is 46.1 Å². The summed E-state index contributed by atoms with van der Waals surface area (Å²) in [4.78, 5) is 32.7. The Morgan fingerprint density at radius 1 is 0.556 bits per heavy atom. The molecule has 4 aliphatic rings. The summed E-state index contributed by atoms with van der Waals surface area (Å²) in [6.07, 6.45) is 6.93. The SMILES string of the molecule is CCO.O=C1CCc2ccc(OCCCCN3CCN(c4cccc(Cl)c4Cl)CC3)cc2N1.O=C1CCc2ccc(OCCCCN3CCN(c4cccc(Cl)c4Cl)CC3)cc2N1. The standard InChI is InChI=1S/2C23H27Cl2N3O2.C2H6O/c2*24-19-4-3-5-21(23(19)25)28-13-11-27(12-14-28)10-1-2-15-30-18-8-6-17-7-9-22(29)26-20(17)16-18;1-2-3/h2*3-6,8,16H,1-2,7,9-15H2,(H,26,29);3H,2H2,1H3. The third kappa shape index (κ3) is 14.5. The molecule has 2 saturated heterocycles. The molecule has 0 spiro atoms. The molecule has 15 heteroatoms. The third-order valence-electron chi connectivity index (χ3n) is 11.5. The van der Waals surface area contributed by atoms with Crippen LogP contribution in [-0.2, 0) is 22.4 Å². The minimum Gasteiger partial charge on any atom is -0.494 e. The van der Waals surface area contributed by atoms with E-state index in [1.807, 2.05) is 60.7 Å². The van der Waals surface area contributed by atoms with Gasteiger partial charge in [0.15, 0.2) is 0 Å². The summed E-state index contributed by atoms with van der Waals surface area (Å²) in [5.74, 6) is 1.81. The Balaban J connectivity index is 0.000000198. The van der Waals surface area contributed by atoms with Crippen molar-refractivity contribution in [1.29, 1.82) is 0 Å². The molecule has 3 N–H and O–H groups in total. The van der Waals surface area contributed by atoms with Crippen LogP contribution in [0.2, 0.25) is 20.1 Å². The number of halogens is 4. The maximum absolute atomic E-state index is 11.5. The number of piperazine rings is 2. The third-order valence-corrected chi connectivity index (χ3v) is 13.1. The van der Waals surface area contributed by atoms with Crippen LogP contribution in [0.3, 0.4) is 0 Å². The maximum atomic E-state index is 11.5. The van der Waals surface area contributed by atoms with Gasteiger partial charge in [0.2, 0.25) is 11.8 Å². The molecule has 2 amide bonds. The molecule has 11 nitrogen and oxygen atoms in total. The van der Waals surface area contributed by atoms with Gasteiger partial charge < -0.3 is 35.0 Å². The summed E-state index contributed by atoms with van der Waals surface area (Å²) in [6.45, 7) is 13.4. The number of nitrogens with one attached hydrogen (secondary N) is 2. The normalized spacial score (nSPS) is 16.3. The quantitative estimate of drug-likeness (QED) is 0.107. The van der Waals surface area contributed by atoms with E-state index in [-0.39, 0.29) is 18.4 Å². The average molecular weight is 943 g/mol. The summed E-state index contributed by atoms with van der Waals surface area (Å²) >= 11 is 25.0. The Kier molecular flexibility index (Phi) is 19.2. The van der Waals surface area contributed by atoms with Crippen molar-refractivity contribution in [3.63, 3.8) is 0 Å². The van der Waals surface area contributed by atoms with Crippen LogP contribution in [0.4, 0.5) is 22.7 Å². The first-order chi connectivity index (χ1) is 30.6. The van der Waals surface area contributed by atoms with Gasteiger partial charge in [-0.2, -0.15) is 0 Å². The van der Waals surface area contributed by atoms with E-state index in [1.54, 1.807) is 6.92 Å². The zero-order valence-electron chi connectivity index (χ0n) is 36.2. The second-order valence-electron chi connectivity index (χ2n) is 16.0. The molecule has 4 heterocycles. The molecule has 0 aliphatic carbocycles. The van der Waals surface area contributed by atoms with Gasteiger partial charge in [0.1, 0.15) is 11.5 Å². The van der Waals surface area contributed by atoms with Crippen molar-refractivity contribution in [3.05, 3.63) is 104 Å². The number of ether oxygens (including phenoxy) is 2. The van der Waals surface area contributed by atoms with Crippen LogP contribution in [0, 0.1) is 0 Å². The Hall–Kier alpha value is -3.94. The predicted molar refractivity (Wildman–Crippen MR) is 259 cm³/mol. The van der Waals surface area contributed by atoms with Crippen molar-refractivity contribution < 1.29 is 24.2 Å². The molecule has 0 bridgehead atoms. The van der Waals surface area contributed by atoms with Gasteiger partial charge in [-0.1, -0.05) is 70.7 Å². The van der Waals surface area contributed by atoms with E-state index in [0.717, 1.165) is 138 Å². The van der Waals surface area contributed by atoms with E-state index < -0.39 is 0 Å². The number of aryl methyl sites for hydroxylation is 2. The Bertz CT molecular complexity index is 1960. The Labute approximate surface area is 392 Å². The van der Waals surface area contributed by atoms with Gasteiger partial charge in [-0.15, -0.1) is 0 Å². The molecular formula is C48H60Cl4N6O5. The zero-order chi connectivity index (χ0) is 44.6. The number of fused-ring (bicyclic) bond motifs is 2. The van der Waals surface area contributed by atoms with Crippen LogP contribution in [0.5, 0.6) is 11.5 Å². The first-order valence-electron chi connectivity index (χ1n) is 22.2. The van der Waals surface area contributed by atoms with Crippen LogP contribution >= 0.6 is 46.4 Å². The second-order valence-corrected chi connectivity index (χ2v) is 17.5. The van der Waals surface area contributed by atoms with Gasteiger partial charge in [0.25, 0.3) is 0 Å². The maximum Gasteiger partial charge on any atom is 0.224 e. The molecule has 4 aliphatic heterocycles. The summed E-state index contributed by atoms with van der Waals surface area (Å²) in [6, 6.07) is 23.6. The van der Waals surface area contributed by atoms with Crippen molar-refractivity contribution in [2.75, 3.05) is 106 Å². The molecule has 0 saturated carbocycles. The first-order valence-corrected chi connectivity index (χ1v) is 23.7. The number of nitrogens with zero attached hydrogens (tertiary/aromatic N) is 4. The predicted octanol–water partition coefficient (Wildman–Crippen LogP) is 9.72. The van der Waals surface area contributed by atoms with E-state index in [9.17, 15) is 9.59 Å². The number of carbonyl (C=O) groups excluding carboxylic acids is 2. The highest BCUT2D eigenvalue weighted by Gasteiger charge is 2.22. The largest absolute Gasteiger partial charge is 0.494 e. The molecule has 0 aromatic heterocycles. The van der Waals surface area contributed by atoms with Gasteiger partial charge in [0, 0.05) is 95.3 Å². The highest BCUT2D eigenvalue weighted by Crippen LogP contribution is 2.34. The molecule has 63 heavy (non-hydrogen) atoms. The molecular weight excluding hydrogens is 882 g/mol. The highest BCUT2D eigenvalue weighted by molar-refractivity contribution is 6.44. The summed E-state index contributed by atoms with van der Waals surface area (Å²) < 4.78 is 11.8. The summed E-state index contributed by atoms with van der Waals surface area (Å²) in [5, 5.41) is 15.9. The van der Waals surface area contributed by atoms with Crippen molar-refractivity contribution in [2.24, 2.45) is 0 Å². The van der Waals surface area contributed by atoms with Gasteiger partial charge in [-0.05, 0) is 106 Å². The Morgan fingerprint density at radius 3 is 1.35 bits per heavy atom. The monoisotopic (exact) mass is 940 g/mol. The number of unbranched alkanes of at least 4 members (excludes halogenated alkanes) is 2. The van der Waals surface area contributed by atoms with E-state index in [1.165, 1.54) is 11.1 Å². The van der Waals surface area contributed by atoms with E-state index in [2.05, 4.69) is 42.4 Å². The minimum absolute atomic E-state index is 0.0809. The first kappa shape index (κ1) is 48.5. The second kappa shape index (κ2) is 24.9. The van der Waals surface area contributed by atoms with Crippen molar-refractivity contribution >= 4 is 81.0 Å². The van der Waals surface area contributed by atoms with Crippen LogP contribution in [0.25, 0.3) is 0 Å². The van der Waals surface area contributed by atoms with Crippen LogP contribution in [-0.4, -0.2) is 112 Å². The lowest BCUT2D eigenvalue weighted by Crippen LogP contribution is -2.46. The van der Waals surface area contributed by atoms with Crippen LogP contribution in [0.15, 0.2) is 72.8 Å². The number of benzene rings is 4. The fourth-order valence-electron chi connectivity index (χ4n) is 8.03. The summed E-state index contributed by atoms with van der Waals surface area (Å²) in [7, 11) is 0. The van der Waals surface area contributed by atoms with Gasteiger partial charge >= 0.3 is 0 Å². The fraction of sp³-hybridized carbons (Fsp3) is 0.458. The fourth-order valence-corrected chi connectivity index (χ4v) is 8.86. The number of rotatable bonds is 14. The Morgan fingerprint density at radius 2 is 0.952 bits per heavy atom. The smallest absolute Gasteiger partial charge is 0.224 e. The number of aliphatic hydroxyl groups excluding tert-OH is 1. The van der Waals surface area contributed by atoms with Gasteiger partial charge in [0.05, 0.1) is 44.7 Å². The lowest BCUT2D eigenvalue weighted by atomic mass is 10.0. The molecule has 340 valence electrons. The average Bonchev–Trinajstić information content (AvgIpc) is 3.29. The topological polar surface area (TPSA) is 110 Å². The van der Waals surface area contributed by atoms with Crippen LogP contribution < -0.4 is 29.9 Å². The zero-order valence-corrected chi connectivity index (χ0v) is 39.2. The molecule has 4 aromatic carbocycles. The summed E-state index contributed by atoms with van der Waals surface area (Å²) in [5.41, 5.74) is 6.19. The molecule has 0 radical (unpaired) electrons. The van der Waals surface area contributed by atoms with Crippen molar-refractivity contribution in [2.45, 2.75) is 58.3 Å². The molecule has 0 unspecified atom stereocenters.